The quantitative estimate of drug-likeness (QED) is 0.0407. The summed E-state index contributed by atoms with van der Waals surface area (Å²) in [5.41, 5.74) is 0. The second-order valence-corrected chi connectivity index (χ2v) is 14.9. The average Bonchev–Trinajstić information content (AvgIpc) is 2.98. The van der Waals surface area contributed by atoms with Gasteiger partial charge in [-0.2, -0.15) is 8.42 Å². The smallest absolute Gasteiger partial charge is 0.266 e. The summed E-state index contributed by atoms with van der Waals surface area (Å²) in [5.74, 6) is -1.44. The minimum absolute atomic E-state index is 0.303. The number of aliphatic hydroxyl groups excluding tert-OH is 2. The highest BCUT2D eigenvalue weighted by molar-refractivity contribution is 7.85. The topological polar surface area (TPSA) is 124 Å². The van der Waals surface area contributed by atoms with Gasteiger partial charge in [-0.3, -0.25) is 9.35 Å². The van der Waals surface area contributed by atoms with Crippen LogP contribution >= 0.6 is 0 Å². The molecule has 264 valence electrons. The van der Waals surface area contributed by atoms with Crippen LogP contribution in [0.4, 0.5) is 0 Å². The summed E-state index contributed by atoms with van der Waals surface area (Å²) >= 11 is 0. The molecule has 0 saturated heterocycles. The number of hydrogen-bond acceptors (Lipinski definition) is 5. The summed E-state index contributed by atoms with van der Waals surface area (Å²) in [5, 5.41) is 23.4. The van der Waals surface area contributed by atoms with Crippen LogP contribution in [0.1, 0.15) is 200 Å². The maximum atomic E-state index is 12.5. The Morgan fingerprint density at radius 2 is 0.818 bits per heavy atom. The molecule has 0 saturated carbocycles. The second kappa shape index (κ2) is 30.9. The molecular weight excluding hydrogens is 574 g/mol. The maximum Gasteiger partial charge on any atom is 0.266 e. The molecule has 0 aromatic rings. The Morgan fingerprint density at radius 3 is 1.14 bits per heavy atom. The van der Waals surface area contributed by atoms with Gasteiger partial charge in [0.15, 0.2) is 0 Å². The van der Waals surface area contributed by atoms with Gasteiger partial charge in [-0.05, 0) is 12.8 Å². The lowest BCUT2D eigenvalue weighted by Gasteiger charge is -2.24. The highest BCUT2D eigenvalue weighted by Crippen LogP contribution is 2.16. The van der Waals surface area contributed by atoms with Crippen molar-refractivity contribution in [3.63, 3.8) is 0 Å². The number of amides is 1. The molecule has 0 spiro atoms. The Labute approximate surface area is 272 Å². The molecule has 7 nitrogen and oxygen atoms in total. The van der Waals surface area contributed by atoms with Gasteiger partial charge >= 0.3 is 0 Å². The standard InChI is InChI=1S/C36H73NO6S/c1-3-5-7-9-11-13-15-16-17-18-19-21-23-25-27-29-31-35(39)36(40)37-33(32-44(41,42)43)34(38)30-28-26-24-22-20-14-12-10-8-6-4-2/h33-35,38-39H,3-32H2,1-2H3,(H,37,40)(H,41,42,43). The van der Waals surface area contributed by atoms with Crippen molar-refractivity contribution >= 4 is 16.0 Å². The molecule has 0 bridgehead atoms. The molecule has 1 amide bonds. The Balaban J connectivity index is 3.98. The molecule has 0 rings (SSSR count). The number of rotatable bonds is 34. The van der Waals surface area contributed by atoms with Crippen molar-refractivity contribution in [3.05, 3.63) is 0 Å². The molecule has 44 heavy (non-hydrogen) atoms. The first-order valence-corrected chi connectivity index (χ1v) is 20.4. The molecule has 0 aliphatic carbocycles. The van der Waals surface area contributed by atoms with Crippen molar-refractivity contribution in [2.45, 2.75) is 218 Å². The van der Waals surface area contributed by atoms with Crippen LogP contribution < -0.4 is 5.32 Å². The zero-order chi connectivity index (χ0) is 32.7. The molecule has 0 aliphatic heterocycles. The number of aliphatic hydroxyl groups is 2. The number of carbonyl (C=O) groups excluding carboxylic acids is 1. The maximum absolute atomic E-state index is 12.5. The van der Waals surface area contributed by atoms with Crippen LogP contribution in [0.5, 0.6) is 0 Å². The van der Waals surface area contributed by atoms with Gasteiger partial charge in [0.1, 0.15) is 6.10 Å². The van der Waals surface area contributed by atoms with Crippen LogP contribution in [0, 0.1) is 0 Å². The highest BCUT2D eigenvalue weighted by atomic mass is 32.2. The number of hydrogen-bond donors (Lipinski definition) is 4. The van der Waals surface area contributed by atoms with Crippen molar-refractivity contribution in [1.82, 2.24) is 5.32 Å². The van der Waals surface area contributed by atoms with E-state index in [2.05, 4.69) is 19.2 Å². The van der Waals surface area contributed by atoms with Crippen LogP contribution in [0.15, 0.2) is 0 Å². The highest BCUT2D eigenvalue weighted by Gasteiger charge is 2.28. The predicted molar refractivity (Wildman–Crippen MR) is 186 cm³/mol. The first kappa shape index (κ1) is 43.3. The largest absolute Gasteiger partial charge is 0.391 e. The van der Waals surface area contributed by atoms with Crippen LogP contribution in [-0.4, -0.2) is 53.1 Å². The molecule has 0 aliphatic rings. The van der Waals surface area contributed by atoms with Crippen molar-refractivity contribution in [1.29, 1.82) is 0 Å². The number of unbranched alkanes of at least 4 members (excludes halogenated alkanes) is 25. The summed E-state index contributed by atoms with van der Waals surface area (Å²) < 4.78 is 32.4. The fourth-order valence-corrected chi connectivity index (χ4v) is 6.75. The first-order valence-electron chi connectivity index (χ1n) is 18.8. The van der Waals surface area contributed by atoms with Gasteiger partial charge in [-0.15, -0.1) is 0 Å². The number of nitrogens with one attached hydrogen (secondary N) is 1. The van der Waals surface area contributed by atoms with Gasteiger partial charge in [0.2, 0.25) is 5.91 Å². The molecule has 0 aromatic heterocycles. The summed E-state index contributed by atoms with van der Waals surface area (Å²) in [6, 6.07) is -1.14. The van der Waals surface area contributed by atoms with Crippen LogP contribution in [0.2, 0.25) is 0 Å². The van der Waals surface area contributed by atoms with E-state index in [0.717, 1.165) is 44.9 Å². The Hall–Kier alpha value is -0.700. The van der Waals surface area contributed by atoms with Crippen LogP contribution in [0.3, 0.4) is 0 Å². The van der Waals surface area contributed by atoms with E-state index in [1.807, 2.05) is 0 Å². The SMILES string of the molecule is CCCCCCCCCCCCCCCCCCC(O)C(=O)NC(CS(=O)(=O)O)C(O)CCCCCCCCCCCCC. The molecule has 3 atom stereocenters. The zero-order valence-corrected chi connectivity index (χ0v) is 29.7. The molecule has 3 unspecified atom stereocenters. The van der Waals surface area contributed by atoms with Gasteiger partial charge in [-0.25, -0.2) is 0 Å². The molecule has 8 heteroatoms. The fourth-order valence-electron chi connectivity index (χ4n) is 5.99. The summed E-state index contributed by atoms with van der Waals surface area (Å²) in [6.45, 7) is 4.48. The van der Waals surface area contributed by atoms with E-state index in [-0.39, 0.29) is 0 Å². The third-order valence-electron chi connectivity index (χ3n) is 8.92. The predicted octanol–water partition coefficient (Wildman–Crippen LogP) is 9.43. The third-order valence-corrected chi connectivity index (χ3v) is 9.70. The number of carbonyl (C=O) groups is 1. The molecule has 0 aromatic carbocycles. The Bertz CT molecular complexity index is 732. The third kappa shape index (κ3) is 30.0. The van der Waals surface area contributed by atoms with E-state index in [1.54, 1.807) is 0 Å². The summed E-state index contributed by atoms with van der Waals surface area (Å²) in [4.78, 5) is 12.5. The van der Waals surface area contributed by atoms with Crippen molar-refractivity contribution in [2.24, 2.45) is 0 Å². The van der Waals surface area contributed by atoms with E-state index in [4.69, 9.17) is 0 Å². The van der Waals surface area contributed by atoms with E-state index in [0.29, 0.717) is 12.8 Å². The monoisotopic (exact) mass is 648 g/mol. The lowest BCUT2D eigenvalue weighted by Crippen LogP contribution is -2.50. The lowest BCUT2D eigenvalue weighted by atomic mass is 10.0. The fraction of sp³-hybridized carbons (Fsp3) is 0.972. The molecular formula is C36H73NO6S. The first-order chi connectivity index (χ1) is 21.2. The Kier molecular flexibility index (Phi) is 30.4. The van der Waals surface area contributed by atoms with Crippen molar-refractivity contribution in [3.8, 4) is 0 Å². The van der Waals surface area contributed by atoms with Crippen LogP contribution in [0.25, 0.3) is 0 Å². The minimum atomic E-state index is -4.39. The van der Waals surface area contributed by atoms with Crippen molar-refractivity contribution < 1.29 is 28.0 Å². The molecule has 0 radical (unpaired) electrons. The van der Waals surface area contributed by atoms with Gasteiger partial charge in [-0.1, -0.05) is 187 Å². The van der Waals surface area contributed by atoms with Gasteiger partial charge in [0.25, 0.3) is 10.1 Å². The summed E-state index contributed by atoms with van der Waals surface area (Å²) in [7, 11) is -4.39. The van der Waals surface area contributed by atoms with E-state index < -0.39 is 40.0 Å². The van der Waals surface area contributed by atoms with E-state index >= 15 is 0 Å². The Morgan fingerprint density at radius 1 is 0.523 bits per heavy atom. The molecule has 0 heterocycles. The van der Waals surface area contributed by atoms with Gasteiger partial charge in [0.05, 0.1) is 17.9 Å². The average molecular weight is 648 g/mol. The van der Waals surface area contributed by atoms with E-state index in [1.165, 1.54) is 128 Å². The van der Waals surface area contributed by atoms with Gasteiger partial charge in [0, 0.05) is 0 Å². The molecule has 4 N–H and O–H groups in total. The van der Waals surface area contributed by atoms with Crippen molar-refractivity contribution in [2.75, 3.05) is 5.75 Å². The molecule has 0 fully saturated rings. The van der Waals surface area contributed by atoms with E-state index in [9.17, 15) is 28.0 Å². The van der Waals surface area contributed by atoms with Gasteiger partial charge < -0.3 is 15.5 Å². The zero-order valence-electron chi connectivity index (χ0n) is 28.9. The summed E-state index contributed by atoms with van der Waals surface area (Å²) in [6.07, 6.45) is 31.2. The second-order valence-electron chi connectivity index (χ2n) is 13.4. The minimum Gasteiger partial charge on any atom is -0.391 e. The normalized spacial score (nSPS) is 14.0. The van der Waals surface area contributed by atoms with Crippen LogP contribution in [-0.2, 0) is 14.9 Å². The lowest BCUT2D eigenvalue weighted by molar-refractivity contribution is -0.131.